The van der Waals surface area contributed by atoms with Crippen LogP contribution in [0.15, 0.2) is 35.3 Å². The second-order valence-corrected chi connectivity index (χ2v) is 8.70. The van der Waals surface area contributed by atoms with Gasteiger partial charge in [0, 0.05) is 26.2 Å². The number of benzene rings is 1. The van der Waals surface area contributed by atoms with E-state index in [-0.39, 0.29) is 12.7 Å². The molecule has 3 rings (SSSR count). The number of piperidine rings is 1. The third-order valence-corrected chi connectivity index (χ3v) is 6.14. The molecule has 3 unspecified atom stereocenters. The Balaban J connectivity index is 1.44. The van der Waals surface area contributed by atoms with Crippen LogP contribution in [0.3, 0.4) is 0 Å². The number of rotatable bonds is 9. The Morgan fingerprint density at radius 3 is 2.70 bits per heavy atom. The summed E-state index contributed by atoms with van der Waals surface area (Å²) in [6.45, 7) is 11.4. The summed E-state index contributed by atoms with van der Waals surface area (Å²) in [5.74, 6) is 1.64. The quantitative estimate of drug-likeness (QED) is 0.479. The van der Waals surface area contributed by atoms with E-state index in [2.05, 4.69) is 22.0 Å². The van der Waals surface area contributed by atoms with Gasteiger partial charge in [-0.25, -0.2) is 0 Å². The third-order valence-electron chi connectivity index (χ3n) is 6.14. The Kier molecular flexibility index (Phi) is 9.43. The van der Waals surface area contributed by atoms with Crippen LogP contribution in [-0.4, -0.2) is 79.4 Å². The molecule has 6 nitrogen and oxygen atoms in total. The molecule has 2 fully saturated rings. The molecule has 0 radical (unpaired) electrons. The zero-order valence-electron chi connectivity index (χ0n) is 18.8. The van der Waals surface area contributed by atoms with Crippen molar-refractivity contribution in [2.75, 3.05) is 52.4 Å². The molecule has 0 amide bonds. The molecule has 30 heavy (non-hydrogen) atoms. The Morgan fingerprint density at radius 2 is 1.97 bits per heavy atom. The summed E-state index contributed by atoms with van der Waals surface area (Å²) in [6.07, 6.45) is 4.68. The van der Waals surface area contributed by atoms with Crippen LogP contribution in [0.5, 0.6) is 0 Å². The molecule has 2 aliphatic heterocycles. The van der Waals surface area contributed by atoms with Crippen molar-refractivity contribution in [1.82, 2.24) is 15.1 Å². The van der Waals surface area contributed by atoms with Gasteiger partial charge in [0.1, 0.15) is 0 Å². The molecule has 0 aliphatic carbocycles. The number of guanidine groups is 1. The fourth-order valence-corrected chi connectivity index (χ4v) is 4.43. The van der Waals surface area contributed by atoms with Crippen molar-refractivity contribution < 1.29 is 9.84 Å². The first-order valence-corrected chi connectivity index (χ1v) is 11.8. The fourth-order valence-electron chi connectivity index (χ4n) is 4.43. The predicted octanol–water partition coefficient (Wildman–Crippen LogP) is 2.90. The van der Waals surface area contributed by atoms with Gasteiger partial charge < -0.3 is 25.0 Å². The minimum absolute atomic E-state index is 0.0350. The molecule has 2 N–H and O–H groups in total. The van der Waals surface area contributed by atoms with Gasteiger partial charge in [0.25, 0.3) is 0 Å². The molecule has 2 heterocycles. The highest BCUT2D eigenvalue weighted by molar-refractivity contribution is 5.80. The Morgan fingerprint density at radius 1 is 1.20 bits per heavy atom. The second kappa shape index (κ2) is 12.3. The minimum atomic E-state index is -0.600. The van der Waals surface area contributed by atoms with Crippen LogP contribution in [0.25, 0.3) is 0 Å². The normalized spacial score (nSPS) is 22.8. The van der Waals surface area contributed by atoms with E-state index in [1.807, 2.05) is 37.3 Å². The molecule has 0 aromatic heterocycles. The van der Waals surface area contributed by atoms with Crippen molar-refractivity contribution in [3.05, 3.63) is 35.9 Å². The van der Waals surface area contributed by atoms with Crippen molar-refractivity contribution in [3.63, 3.8) is 0 Å². The summed E-state index contributed by atoms with van der Waals surface area (Å²) in [5, 5.41) is 13.8. The first-order chi connectivity index (χ1) is 14.7. The molecular weight excluding hydrogens is 376 g/mol. The Bertz CT molecular complexity index is 633. The number of aliphatic hydroxyl groups excluding tert-OH is 1. The maximum atomic E-state index is 10.4. The molecule has 2 aliphatic rings. The van der Waals surface area contributed by atoms with Crippen molar-refractivity contribution in [2.45, 2.75) is 51.7 Å². The Hall–Kier alpha value is -1.63. The van der Waals surface area contributed by atoms with Gasteiger partial charge in [-0.3, -0.25) is 4.99 Å². The number of aliphatic imine (C=N–C) groups is 1. The molecular formula is C24H40N4O2. The van der Waals surface area contributed by atoms with E-state index >= 15 is 0 Å². The van der Waals surface area contributed by atoms with E-state index in [4.69, 9.17) is 9.73 Å². The number of hydrogen-bond donors (Lipinski definition) is 2. The second-order valence-electron chi connectivity index (χ2n) is 8.70. The topological polar surface area (TPSA) is 60.3 Å². The fraction of sp³-hybridized carbons (Fsp3) is 0.708. The maximum Gasteiger partial charge on any atom is 0.194 e. The number of ether oxygens (including phenoxy) is 1. The van der Waals surface area contributed by atoms with Gasteiger partial charge in [0.05, 0.1) is 25.4 Å². The van der Waals surface area contributed by atoms with Crippen LogP contribution in [0.4, 0.5) is 0 Å². The summed E-state index contributed by atoms with van der Waals surface area (Å²) >= 11 is 0. The number of hydrogen-bond acceptors (Lipinski definition) is 4. The highest BCUT2D eigenvalue weighted by Crippen LogP contribution is 2.20. The average molecular weight is 417 g/mol. The van der Waals surface area contributed by atoms with E-state index in [0.29, 0.717) is 12.5 Å². The molecule has 0 bridgehead atoms. The van der Waals surface area contributed by atoms with Crippen molar-refractivity contribution in [3.8, 4) is 0 Å². The van der Waals surface area contributed by atoms with Crippen molar-refractivity contribution in [2.24, 2.45) is 10.9 Å². The largest absolute Gasteiger partial charge is 0.389 e. The van der Waals surface area contributed by atoms with Crippen LogP contribution in [0, 0.1) is 5.92 Å². The number of nitrogens with one attached hydrogen (secondary N) is 1. The molecule has 2 saturated heterocycles. The van der Waals surface area contributed by atoms with Crippen LogP contribution in [-0.2, 0) is 4.74 Å². The molecule has 1 aromatic rings. The zero-order valence-corrected chi connectivity index (χ0v) is 18.8. The lowest BCUT2D eigenvalue weighted by atomic mass is 10.1. The first-order valence-electron chi connectivity index (χ1n) is 11.8. The van der Waals surface area contributed by atoms with Crippen LogP contribution in [0.2, 0.25) is 0 Å². The summed E-state index contributed by atoms with van der Waals surface area (Å²) in [6, 6.07) is 10.1. The van der Waals surface area contributed by atoms with Crippen LogP contribution in [0.1, 0.15) is 51.2 Å². The lowest BCUT2D eigenvalue weighted by molar-refractivity contribution is 0.00106. The number of likely N-dealkylation sites (tertiary alicyclic amines) is 2. The van der Waals surface area contributed by atoms with E-state index in [1.165, 1.54) is 45.3 Å². The van der Waals surface area contributed by atoms with E-state index < -0.39 is 6.10 Å². The maximum absolute atomic E-state index is 10.4. The summed E-state index contributed by atoms with van der Waals surface area (Å²) < 4.78 is 5.85. The minimum Gasteiger partial charge on any atom is -0.389 e. The molecule has 1 aromatic carbocycles. The monoisotopic (exact) mass is 416 g/mol. The standard InChI is InChI=1S/C24H40N4O2/c1-3-25-24(28-15-12-21(18-28)17-27-13-8-5-9-14-27)26-16-23(29)19-30-20(2)22-10-6-4-7-11-22/h4,6-7,10-11,20-21,23,29H,3,5,8-9,12-19H2,1-2H3,(H,25,26). The highest BCUT2D eigenvalue weighted by Gasteiger charge is 2.27. The van der Waals surface area contributed by atoms with Gasteiger partial charge in [0.15, 0.2) is 5.96 Å². The lowest BCUT2D eigenvalue weighted by Crippen LogP contribution is -2.41. The lowest BCUT2D eigenvalue weighted by Gasteiger charge is -2.29. The molecule has 3 atom stereocenters. The van der Waals surface area contributed by atoms with Crippen LogP contribution < -0.4 is 5.32 Å². The molecule has 168 valence electrons. The van der Waals surface area contributed by atoms with Crippen LogP contribution >= 0.6 is 0 Å². The summed E-state index contributed by atoms with van der Waals surface area (Å²) in [7, 11) is 0. The molecule has 0 spiro atoms. The summed E-state index contributed by atoms with van der Waals surface area (Å²) in [4.78, 5) is 9.71. The van der Waals surface area contributed by atoms with Gasteiger partial charge in [-0.15, -0.1) is 0 Å². The highest BCUT2D eigenvalue weighted by atomic mass is 16.5. The van der Waals surface area contributed by atoms with Crippen molar-refractivity contribution in [1.29, 1.82) is 0 Å². The average Bonchev–Trinajstić information content (AvgIpc) is 3.24. The smallest absolute Gasteiger partial charge is 0.194 e. The van der Waals surface area contributed by atoms with Crippen molar-refractivity contribution >= 4 is 5.96 Å². The Labute approximate surface area is 182 Å². The van der Waals surface area contributed by atoms with Gasteiger partial charge in [-0.1, -0.05) is 36.8 Å². The predicted molar refractivity (Wildman–Crippen MR) is 123 cm³/mol. The SMILES string of the molecule is CCNC(=NCC(O)COC(C)c1ccccc1)N1CCC(CN2CCCCC2)C1. The molecule has 6 heteroatoms. The number of nitrogens with zero attached hydrogens (tertiary/aromatic N) is 3. The third kappa shape index (κ3) is 7.25. The van der Waals surface area contributed by atoms with Gasteiger partial charge in [-0.2, -0.15) is 0 Å². The van der Waals surface area contributed by atoms with Gasteiger partial charge in [0.2, 0.25) is 0 Å². The van der Waals surface area contributed by atoms with E-state index in [1.54, 1.807) is 0 Å². The van der Waals surface area contributed by atoms with E-state index in [9.17, 15) is 5.11 Å². The van der Waals surface area contributed by atoms with E-state index in [0.717, 1.165) is 31.2 Å². The number of aliphatic hydroxyl groups is 1. The zero-order chi connectivity index (χ0) is 21.2. The first kappa shape index (κ1) is 23.0. The van der Waals surface area contributed by atoms with Gasteiger partial charge in [-0.05, 0) is 57.7 Å². The van der Waals surface area contributed by atoms with Gasteiger partial charge >= 0.3 is 0 Å². The summed E-state index contributed by atoms with van der Waals surface area (Å²) in [5.41, 5.74) is 1.12. The molecule has 0 saturated carbocycles.